The van der Waals surface area contributed by atoms with Crippen molar-refractivity contribution in [1.29, 1.82) is 0 Å². The fourth-order valence-electron chi connectivity index (χ4n) is 1.48. The molecule has 1 N–H and O–H groups in total. The fourth-order valence-corrected chi connectivity index (χ4v) is 1.98. The van der Waals surface area contributed by atoms with Crippen LogP contribution in [0.25, 0.3) is 0 Å². The minimum Gasteiger partial charge on any atom is -0.381 e. The van der Waals surface area contributed by atoms with Crippen molar-refractivity contribution in [2.24, 2.45) is 0 Å². The number of nitrogens with one attached hydrogen (secondary N) is 1. The van der Waals surface area contributed by atoms with Gasteiger partial charge in [0.15, 0.2) is 0 Å². The van der Waals surface area contributed by atoms with Crippen molar-refractivity contribution >= 4 is 33.2 Å². The molecule has 0 aliphatic carbocycles. The van der Waals surface area contributed by atoms with Crippen LogP contribution in [0.3, 0.4) is 0 Å². The van der Waals surface area contributed by atoms with Crippen LogP contribution in [-0.2, 0) is 6.54 Å². The van der Waals surface area contributed by atoms with Crippen molar-refractivity contribution in [3.63, 3.8) is 0 Å². The quantitative estimate of drug-likeness (QED) is 0.834. The van der Waals surface area contributed by atoms with Gasteiger partial charge in [0.05, 0.1) is 5.02 Å². The van der Waals surface area contributed by atoms with E-state index in [1.54, 1.807) is 18.2 Å². The lowest BCUT2D eigenvalue weighted by molar-refractivity contribution is 0.587. The number of halogens is 4. The Kier molecular flexibility index (Phi) is 4.19. The van der Waals surface area contributed by atoms with Gasteiger partial charge in [-0.3, -0.25) is 0 Å². The Labute approximate surface area is 117 Å². The molecule has 0 bridgehead atoms. The highest BCUT2D eigenvalue weighted by molar-refractivity contribution is 9.10. The van der Waals surface area contributed by atoms with Gasteiger partial charge >= 0.3 is 0 Å². The monoisotopic (exact) mass is 331 g/mol. The minimum absolute atomic E-state index is 0.206. The molecular weight excluding hydrogens is 324 g/mol. The van der Waals surface area contributed by atoms with Gasteiger partial charge in [0.1, 0.15) is 11.6 Å². The van der Waals surface area contributed by atoms with Crippen LogP contribution in [0.15, 0.2) is 40.9 Å². The van der Waals surface area contributed by atoms with Gasteiger partial charge < -0.3 is 5.32 Å². The van der Waals surface area contributed by atoms with E-state index in [4.69, 9.17) is 11.6 Å². The van der Waals surface area contributed by atoms with Crippen LogP contribution in [0.1, 0.15) is 5.56 Å². The van der Waals surface area contributed by atoms with Crippen molar-refractivity contribution in [3.8, 4) is 0 Å². The Morgan fingerprint density at radius 3 is 2.61 bits per heavy atom. The predicted octanol–water partition coefficient (Wildman–Crippen LogP) is 4.99. The normalized spacial score (nSPS) is 10.4. The van der Waals surface area contributed by atoms with Gasteiger partial charge in [-0.1, -0.05) is 11.6 Å². The lowest BCUT2D eigenvalue weighted by Gasteiger charge is -2.08. The summed E-state index contributed by atoms with van der Waals surface area (Å²) in [6, 6.07) is 8.65. The van der Waals surface area contributed by atoms with Crippen LogP contribution >= 0.6 is 27.5 Å². The number of benzene rings is 2. The van der Waals surface area contributed by atoms with Crippen LogP contribution in [0, 0.1) is 11.6 Å². The van der Waals surface area contributed by atoms with E-state index >= 15 is 0 Å². The van der Waals surface area contributed by atoms with E-state index in [2.05, 4.69) is 21.2 Å². The number of hydrogen-bond acceptors (Lipinski definition) is 1. The first kappa shape index (κ1) is 13.3. The van der Waals surface area contributed by atoms with E-state index in [1.807, 2.05) is 0 Å². The molecule has 1 nitrogen and oxygen atoms in total. The predicted molar refractivity (Wildman–Crippen MR) is 72.8 cm³/mol. The Balaban J connectivity index is 2.11. The van der Waals surface area contributed by atoms with Crippen LogP contribution < -0.4 is 5.32 Å². The third-order valence-electron chi connectivity index (χ3n) is 2.41. The van der Waals surface area contributed by atoms with Gasteiger partial charge in [0, 0.05) is 22.3 Å². The summed E-state index contributed by atoms with van der Waals surface area (Å²) < 4.78 is 27.1. The zero-order chi connectivity index (χ0) is 13.1. The summed E-state index contributed by atoms with van der Waals surface area (Å²) >= 11 is 9.15. The molecule has 0 aliphatic heterocycles. The minimum atomic E-state index is -0.453. The number of anilines is 1. The maximum Gasteiger partial charge on any atom is 0.128 e. The van der Waals surface area contributed by atoms with Crippen molar-refractivity contribution in [2.45, 2.75) is 6.54 Å². The highest BCUT2D eigenvalue weighted by atomic mass is 79.9. The molecule has 18 heavy (non-hydrogen) atoms. The number of rotatable bonds is 3. The number of hydrogen-bond donors (Lipinski definition) is 1. The van der Waals surface area contributed by atoms with Crippen molar-refractivity contribution in [2.75, 3.05) is 5.32 Å². The first-order valence-electron chi connectivity index (χ1n) is 5.19. The van der Waals surface area contributed by atoms with E-state index in [1.165, 1.54) is 6.07 Å². The first-order valence-corrected chi connectivity index (χ1v) is 6.36. The molecule has 0 atom stereocenters. The zero-order valence-electron chi connectivity index (χ0n) is 9.18. The lowest BCUT2D eigenvalue weighted by Crippen LogP contribution is -2.02. The van der Waals surface area contributed by atoms with Crippen molar-refractivity contribution in [1.82, 2.24) is 0 Å². The highest BCUT2D eigenvalue weighted by Gasteiger charge is 2.04. The summed E-state index contributed by atoms with van der Waals surface area (Å²) in [6.45, 7) is 0.206. The summed E-state index contributed by atoms with van der Waals surface area (Å²) in [7, 11) is 0. The second-order valence-corrected chi connectivity index (χ2v) is 4.98. The molecule has 0 unspecified atom stereocenters. The molecule has 5 heteroatoms. The molecule has 0 saturated carbocycles. The molecule has 2 rings (SSSR count). The molecule has 0 aliphatic rings. The van der Waals surface area contributed by atoms with E-state index in [0.717, 1.165) is 22.3 Å². The summed E-state index contributed by atoms with van der Waals surface area (Å²) in [5.74, 6) is -0.887. The molecule has 94 valence electrons. The average Bonchev–Trinajstić information content (AvgIpc) is 2.34. The average molecular weight is 333 g/mol. The van der Waals surface area contributed by atoms with Crippen LogP contribution in [0.4, 0.5) is 14.5 Å². The van der Waals surface area contributed by atoms with Crippen LogP contribution in [-0.4, -0.2) is 0 Å². The highest BCUT2D eigenvalue weighted by Crippen LogP contribution is 2.26. The van der Waals surface area contributed by atoms with Crippen LogP contribution in [0.2, 0.25) is 5.02 Å². The van der Waals surface area contributed by atoms with E-state index < -0.39 is 11.6 Å². The third-order valence-corrected chi connectivity index (χ3v) is 3.62. The van der Waals surface area contributed by atoms with E-state index in [0.29, 0.717) is 5.02 Å². The Morgan fingerprint density at radius 1 is 1.11 bits per heavy atom. The molecule has 0 spiro atoms. The van der Waals surface area contributed by atoms with Gasteiger partial charge in [-0.15, -0.1) is 0 Å². The molecular formula is C13H9BrClF2N. The summed E-state index contributed by atoms with van der Waals surface area (Å²) in [6.07, 6.45) is 0. The molecule has 2 aromatic rings. The summed E-state index contributed by atoms with van der Waals surface area (Å²) in [4.78, 5) is 0. The molecule has 0 amide bonds. The van der Waals surface area contributed by atoms with Gasteiger partial charge in [0.2, 0.25) is 0 Å². The molecule has 0 saturated heterocycles. The SMILES string of the molecule is Fc1ccc(F)c(CNc2ccc(Cl)c(Br)c2)c1. The molecule has 0 radical (unpaired) electrons. The molecule has 0 aromatic heterocycles. The summed E-state index contributed by atoms with van der Waals surface area (Å²) in [5.41, 5.74) is 1.05. The largest absolute Gasteiger partial charge is 0.381 e. The molecule has 2 aromatic carbocycles. The Hall–Kier alpha value is -1.13. The van der Waals surface area contributed by atoms with Gasteiger partial charge in [0.25, 0.3) is 0 Å². The molecule has 0 heterocycles. The van der Waals surface area contributed by atoms with Crippen molar-refractivity contribution in [3.05, 3.63) is 63.1 Å². The van der Waals surface area contributed by atoms with Crippen molar-refractivity contribution < 1.29 is 8.78 Å². The third kappa shape index (κ3) is 3.21. The second kappa shape index (κ2) is 5.67. The van der Waals surface area contributed by atoms with Gasteiger partial charge in [-0.05, 0) is 52.3 Å². The fraction of sp³-hybridized carbons (Fsp3) is 0.0769. The lowest BCUT2D eigenvalue weighted by atomic mass is 10.2. The van der Waals surface area contributed by atoms with E-state index in [9.17, 15) is 8.78 Å². The topological polar surface area (TPSA) is 12.0 Å². The smallest absolute Gasteiger partial charge is 0.128 e. The Bertz CT molecular complexity index is 575. The zero-order valence-corrected chi connectivity index (χ0v) is 11.5. The Morgan fingerprint density at radius 2 is 1.89 bits per heavy atom. The van der Waals surface area contributed by atoms with Gasteiger partial charge in [-0.2, -0.15) is 0 Å². The second-order valence-electron chi connectivity index (χ2n) is 3.72. The first-order chi connectivity index (χ1) is 8.56. The van der Waals surface area contributed by atoms with Gasteiger partial charge in [-0.25, -0.2) is 8.78 Å². The summed E-state index contributed by atoms with van der Waals surface area (Å²) in [5, 5.41) is 3.60. The standard InChI is InChI=1S/C13H9BrClF2N/c14-11-6-10(2-3-12(11)15)18-7-8-5-9(16)1-4-13(8)17/h1-6,18H,7H2. The maximum atomic E-state index is 13.4. The van der Waals surface area contributed by atoms with Crippen LogP contribution in [0.5, 0.6) is 0 Å². The molecule has 0 fully saturated rings. The van der Waals surface area contributed by atoms with E-state index in [-0.39, 0.29) is 12.1 Å². The maximum absolute atomic E-state index is 13.4.